The van der Waals surface area contributed by atoms with Crippen molar-refractivity contribution in [2.45, 2.75) is 32.9 Å². The summed E-state index contributed by atoms with van der Waals surface area (Å²) in [6.07, 6.45) is 0. The lowest BCUT2D eigenvalue weighted by molar-refractivity contribution is -0.117. The second-order valence-electron chi connectivity index (χ2n) is 4.48. The first-order chi connectivity index (χ1) is 8.40. The van der Waals surface area contributed by atoms with Gasteiger partial charge in [0.25, 0.3) is 5.91 Å². The molecule has 0 saturated carbocycles. The highest BCUT2D eigenvalue weighted by molar-refractivity contribution is 5.97. The van der Waals surface area contributed by atoms with Crippen LogP contribution in [0.25, 0.3) is 0 Å². The van der Waals surface area contributed by atoms with E-state index in [0.29, 0.717) is 11.3 Å². The fraction of sp³-hybridized carbons (Fsp3) is 0.385. The van der Waals surface area contributed by atoms with Gasteiger partial charge >= 0.3 is 0 Å². The molecule has 5 nitrogen and oxygen atoms in total. The average molecular weight is 249 g/mol. The minimum atomic E-state index is -0.561. The summed E-state index contributed by atoms with van der Waals surface area (Å²) >= 11 is 0. The second-order valence-corrected chi connectivity index (χ2v) is 4.48. The maximum absolute atomic E-state index is 11.7. The summed E-state index contributed by atoms with van der Waals surface area (Å²) in [6.45, 7) is 5.41. The van der Waals surface area contributed by atoms with E-state index in [4.69, 9.17) is 5.73 Å². The molecule has 0 saturated heterocycles. The predicted octanol–water partition coefficient (Wildman–Crippen LogP) is 1.11. The van der Waals surface area contributed by atoms with Crippen LogP contribution >= 0.6 is 0 Å². The largest absolute Gasteiger partial charge is 0.350 e. The van der Waals surface area contributed by atoms with Gasteiger partial charge in [0.15, 0.2) is 0 Å². The Balaban J connectivity index is 2.68. The van der Waals surface area contributed by atoms with Crippen LogP contribution in [0.2, 0.25) is 0 Å². The SMILES string of the molecule is CC(C)NC(=O)c1ccc(NC(=O)C(C)N)cc1. The van der Waals surface area contributed by atoms with E-state index in [1.54, 1.807) is 31.2 Å². The third-order valence-electron chi connectivity index (χ3n) is 2.25. The molecule has 98 valence electrons. The Morgan fingerprint density at radius 2 is 1.67 bits per heavy atom. The molecule has 0 aliphatic carbocycles. The zero-order valence-electron chi connectivity index (χ0n) is 10.9. The van der Waals surface area contributed by atoms with Crippen molar-refractivity contribution in [3.8, 4) is 0 Å². The molecule has 18 heavy (non-hydrogen) atoms. The van der Waals surface area contributed by atoms with Crippen LogP contribution in [0.3, 0.4) is 0 Å². The van der Waals surface area contributed by atoms with Gasteiger partial charge in [-0.2, -0.15) is 0 Å². The van der Waals surface area contributed by atoms with Crippen molar-refractivity contribution in [1.82, 2.24) is 5.32 Å². The molecule has 0 bridgehead atoms. The molecule has 1 rings (SSSR count). The normalized spacial score (nSPS) is 12.1. The molecule has 1 unspecified atom stereocenters. The Bertz CT molecular complexity index is 424. The van der Waals surface area contributed by atoms with Gasteiger partial charge in [-0.15, -0.1) is 0 Å². The van der Waals surface area contributed by atoms with Gasteiger partial charge in [0.05, 0.1) is 6.04 Å². The van der Waals surface area contributed by atoms with E-state index in [2.05, 4.69) is 10.6 Å². The van der Waals surface area contributed by atoms with Crippen molar-refractivity contribution in [3.05, 3.63) is 29.8 Å². The van der Waals surface area contributed by atoms with E-state index in [9.17, 15) is 9.59 Å². The van der Waals surface area contributed by atoms with Gasteiger partial charge in [0, 0.05) is 17.3 Å². The minimum absolute atomic E-state index is 0.0926. The first kappa shape index (κ1) is 14.2. The number of hydrogen-bond acceptors (Lipinski definition) is 3. The van der Waals surface area contributed by atoms with Gasteiger partial charge in [-0.05, 0) is 45.0 Å². The van der Waals surface area contributed by atoms with Gasteiger partial charge in [0.1, 0.15) is 0 Å². The lowest BCUT2D eigenvalue weighted by atomic mass is 10.2. The summed E-state index contributed by atoms with van der Waals surface area (Å²) in [4.78, 5) is 23.0. The Kier molecular flexibility index (Phi) is 4.85. The molecule has 4 N–H and O–H groups in total. The zero-order chi connectivity index (χ0) is 13.7. The van der Waals surface area contributed by atoms with Crippen molar-refractivity contribution in [2.24, 2.45) is 5.73 Å². The lowest BCUT2D eigenvalue weighted by Gasteiger charge is -2.10. The standard InChI is InChI=1S/C13H19N3O2/c1-8(2)15-13(18)10-4-6-11(7-5-10)16-12(17)9(3)14/h4-9H,14H2,1-3H3,(H,15,18)(H,16,17). The number of anilines is 1. The average Bonchev–Trinajstić information content (AvgIpc) is 2.28. The molecular formula is C13H19N3O2. The van der Waals surface area contributed by atoms with E-state index >= 15 is 0 Å². The first-order valence-corrected chi connectivity index (χ1v) is 5.87. The molecule has 1 aromatic rings. The third-order valence-corrected chi connectivity index (χ3v) is 2.25. The first-order valence-electron chi connectivity index (χ1n) is 5.87. The molecule has 1 atom stereocenters. The summed E-state index contributed by atoms with van der Waals surface area (Å²) < 4.78 is 0. The third kappa shape index (κ3) is 4.18. The Morgan fingerprint density at radius 1 is 1.11 bits per heavy atom. The summed E-state index contributed by atoms with van der Waals surface area (Å²) in [5.41, 5.74) is 6.62. The summed E-state index contributed by atoms with van der Waals surface area (Å²) in [7, 11) is 0. The van der Waals surface area contributed by atoms with Gasteiger partial charge in [-0.25, -0.2) is 0 Å². The van der Waals surface area contributed by atoms with Crippen molar-refractivity contribution in [3.63, 3.8) is 0 Å². The van der Waals surface area contributed by atoms with E-state index in [0.717, 1.165) is 0 Å². The van der Waals surface area contributed by atoms with Crippen molar-refractivity contribution < 1.29 is 9.59 Å². The maximum Gasteiger partial charge on any atom is 0.251 e. The monoisotopic (exact) mass is 249 g/mol. The topological polar surface area (TPSA) is 84.2 Å². The number of rotatable bonds is 4. The van der Waals surface area contributed by atoms with Crippen LogP contribution in [0.1, 0.15) is 31.1 Å². The molecule has 0 aliphatic rings. The van der Waals surface area contributed by atoms with Crippen LogP contribution in [0.15, 0.2) is 24.3 Å². The number of carbonyl (C=O) groups excluding carboxylic acids is 2. The van der Waals surface area contributed by atoms with Crippen LogP contribution < -0.4 is 16.4 Å². The van der Waals surface area contributed by atoms with E-state index in [-0.39, 0.29) is 17.9 Å². The molecular weight excluding hydrogens is 230 g/mol. The molecule has 0 heterocycles. The van der Waals surface area contributed by atoms with Gasteiger partial charge < -0.3 is 16.4 Å². The number of amides is 2. The van der Waals surface area contributed by atoms with E-state index in [1.807, 2.05) is 13.8 Å². The van der Waals surface area contributed by atoms with Crippen LogP contribution in [0.4, 0.5) is 5.69 Å². The smallest absolute Gasteiger partial charge is 0.251 e. The second kappa shape index (κ2) is 6.16. The van der Waals surface area contributed by atoms with Crippen LogP contribution in [0.5, 0.6) is 0 Å². The highest BCUT2D eigenvalue weighted by Gasteiger charge is 2.09. The Morgan fingerprint density at radius 3 is 2.11 bits per heavy atom. The highest BCUT2D eigenvalue weighted by Crippen LogP contribution is 2.10. The fourth-order valence-corrected chi connectivity index (χ4v) is 1.31. The number of nitrogens with one attached hydrogen (secondary N) is 2. The maximum atomic E-state index is 11.7. The summed E-state index contributed by atoms with van der Waals surface area (Å²) in [5.74, 6) is -0.385. The van der Waals surface area contributed by atoms with E-state index in [1.165, 1.54) is 0 Å². The molecule has 0 fully saturated rings. The van der Waals surface area contributed by atoms with Crippen LogP contribution in [-0.4, -0.2) is 23.9 Å². The molecule has 5 heteroatoms. The van der Waals surface area contributed by atoms with Crippen molar-refractivity contribution >= 4 is 17.5 Å². The minimum Gasteiger partial charge on any atom is -0.350 e. The van der Waals surface area contributed by atoms with Crippen LogP contribution in [0, 0.1) is 0 Å². The summed E-state index contributed by atoms with van der Waals surface area (Å²) in [5, 5.41) is 5.44. The number of carbonyl (C=O) groups is 2. The molecule has 2 amide bonds. The van der Waals surface area contributed by atoms with Crippen molar-refractivity contribution in [2.75, 3.05) is 5.32 Å². The highest BCUT2D eigenvalue weighted by atomic mass is 16.2. The predicted molar refractivity (Wildman–Crippen MR) is 71.3 cm³/mol. The number of nitrogens with two attached hydrogens (primary N) is 1. The van der Waals surface area contributed by atoms with Crippen molar-refractivity contribution in [1.29, 1.82) is 0 Å². The van der Waals surface area contributed by atoms with Crippen LogP contribution in [-0.2, 0) is 4.79 Å². The molecule has 1 aromatic carbocycles. The summed E-state index contributed by atoms with van der Waals surface area (Å²) in [6, 6.07) is 6.21. The number of benzene rings is 1. The van der Waals surface area contributed by atoms with Gasteiger partial charge in [0.2, 0.25) is 5.91 Å². The molecule has 0 aliphatic heterocycles. The van der Waals surface area contributed by atoms with Gasteiger partial charge in [-0.3, -0.25) is 9.59 Å². The van der Waals surface area contributed by atoms with E-state index < -0.39 is 6.04 Å². The zero-order valence-corrected chi connectivity index (χ0v) is 10.9. The molecule has 0 spiro atoms. The fourth-order valence-electron chi connectivity index (χ4n) is 1.31. The quantitative estimate of drug-likeness (QED) is 0.747. The Hall–Kier alpha value is -1.88. The lowest BCUT2D eigenvalue weighted by Crippen LogP contribution is -2.32. The Labute approximate surface area is 107 Å². The van der Waals surface area contributed by atoms with Gasteiger partial charge in [-0.1, -0.05) is 0 Å². The molecule has 0 aromatic heterocycles. The number of hydrogen-bond donors (Lipinski definition) is 3. The molecule has 0 radical (unpaired) electrons.